The number of fused-ring (bicyclic) bond motifs is 1. The van der Waals surface area contributed by atoms with Crippen molar-refractivity contribution in [1.82, 2.24) is 4.98 Å². The molecule has 4 rings (SSSR count). The average Bonchev–Trinajstić information content (AvgIpc) is 3.35. The first-order valence-corrected chi connectivity index (χ1v) is 12.4. The lowest BCUT2D eigenvalue weighted by Gasteiger charge is -2.23. The number of halogens is 2. The SMILES string of the molecule is O=C(CS(=O)(=O)Cc1ccccc1)N(C[C@H]1CCCO1)c1nc2c(F)cc(F)cc2s1. The van der Waals surface area contributed by atoms with E-state index in [-0.39, 0.29) is 33.7 Å². The zero-order valence-corrected chi connectivity index (χ0v) is 18.1. The molecule has 1 saturated heterocycles. The lowest BCUT2D eigenvalue weighted by Crippen LogP contribution is -2.41. The number of hydrogen-bond donors (Lipinski definition) is 0. The van der Waals surface area contributed by atoms with E-state index in [4.69, 9.17) is 4.74 Å². The minimum absolute atomic E-state index is 0.0568. The number of amides is 1. The van der Waals surface area contributed by atoms with E-state index in [1.54, 1.807) is 30.3 Å². The third kappa shape index (κ3) is 5.25. The minimum atomic E-state index is -3.75. The van der Waals surface area contributed by atoms with Crippen molar-refractivity contribution in [2.45, 2.75) is 24.7 Å². The van der Waals surface area contributed by atoms with Gasteiger partial charge in [0.2, 0.25) is 5.91 Å². The molecule has 2 heterocycles. The summed E-state index contributed by atoms with van der Waals surface area (Å²) in [6, 6.07) is 10.5. The number of rotatable bonds is 7. The number of aromatic nitrogens is 1. The van der Waals surface area contributed by atoms with Crippen LogP contribution in [0.1, 0.15) is 18.4 Å². The van der Waals surface area contributed by atoms with Gasteiger partial charge in [0, 0.05) is 12.7 Å². The van der Waals surface area contributed by atoms with E-state index >= 15 is 0 Å². The number of carbonyl (C=O) groups is 1. The Morgan fingerprint density at radius 2 is 2.00 bits per heavy atom. The highest BCUT2D eigenvalue weighted by atomic mass is 32.2. The van der Waals surface area contributed by atoms with E-state index < -0.39 is 33.1 Å². The van der Waals surface area contributed by atoms with E-state index in [0.717, 1.165) is 29.9 Å². The van der Waals surface area contributed by atoms with Gasteiger partial charge in [-0.1, -0.05) is 41.7 Å². The summed E-state index contributed by atoms with van der Waals surface area (Å²) in [7, 11) is -3.75. The molecule has 3 aromatic rings. The summed E-state index contributed by atoms with van der Waals surface area (Å²) in [6.07, 6.45) is 1.28. The molecule has 1 aliphatic heterocycles. The van der Waals surface area contributed by atoms with Crippen molar-refractivity contribution in [1.29, 1.82) is 0 Å². The van der Waals surface area contributed by atoms with Crippen LogP contribution in [0.15, 0.2) is 42.5 Å². The fourth-order valence-corrected chi connectivity index (χ4v) is 5.85. The molecule has 0 bridgehead atoms. The Labute approximate surface area is 182 Å². The first kappa shape index (κ1) is 21.8. The van der Waals surface area contributed by atoms with Crippen LogP contribution in [0.5, 0.6) is 0 Å². The Morgan fingerprint density at radius 3 is 2.71 bits per heavy atom. The Bertz CT molecular complexity index is 1190. The normalized spacial score (nSPS) is 16.6. The van der Waals surface area contributed by atoms with Crippen LogP contribution in [0.3, 0.4) is 0 Å². The van der Waals surface area contributed by atoms with Crippen molar-refractivity contribution in [2.24, 2.45) is 0 Å². The topological polar surface area (TPSA) is 76.6 Å². The second-order valence-electron chi connectivity index (χ2n) is 7.39. The van der Waals surface area contributed by atoms with Crippen LogP contribution >= 0.6 is 11.3 Å². The maximum absolute atomic E-state index is 14.1. The minimum Gasteiger partial charge on any atom is -0.376 e. The molecule has 10 heteroatoms. The van der Waals surface area contributed by atoms with Crippen molar-refractivity contribution in [3.05, 3.63) is 59.7 Å². The fraction of sp³-hybridized carbons (Fsp3) is 0.333. The number of sulfone groups is 1. The molecule has 0 spiro atoms. The number of nitrogens with zero attached hydrogens (tertiary/aromatic N) is 2. The quantitative estimate of drug-likeness (QED) is 0.531. The monoisotopic (exact) mass is 466 g/mol. The van der Waals surface area contributed by atoms with E-state index in [9.17, 15) is 22.0 Å². The molecular weight excluding hydrogens is 446 g/mol. The van der Waals surface area contributed by atoms with Crippen molar-refractivity contribution in [3.63, 3.8) is 0 Å². The first-order valence-electron chi connectivity index (χ1n) is 9.73. The largest absolute Gasteiger partial charge is 0.376 e. The van der Waals surface area contributed by atoms with Crippen LogP contribution in [0.2, 0.25) is 0 Å². The summed E-state index contributed by atoms with van der Waals surface area (Å²) in [6.45, 7) is 0.655. The van der Waals surface area contributed by atoms with Crippen LogP contribution in [0, 0.1) is 11.6 Å². The van der Waals surface area contributed by atoms with Crippen LogP contribution in [0.4, 0.5) is 13.9 Å². The smallest absolute Gasteiger partial charge is 0.244 e. The Morgan fingerprint density at radius 1 is 1.23 bits per heavy atom. The number of hydrogen-bond acceptors (Lipinski definition) is 6. The van der Waals surface area contributed by atoms with Gasteiger partial charge in [0.05, 0.1) is 23.1 Å². The van der Waals surface area contributed by atoms with Gasteiger partial charge in [-0.15, -0.1) is 0 Å². The summed E-state index contributed by atoms with van der Waals surface area (Å²) >= 11 is 0.939. The molecule has 2 aromatic carbocycles. The second kappa shape index (κ2) is 8.97. The molecule has 0 saturated carbocycles. The lowest BCUT2D eigenvalue weighted by molar-refractivity contribution is -0.116. The highest BCUT2D eigenvalue weighted by Crippen LogP contribution is 2.32. The molecule has 1 fully saturated rings. The molecule has 164 valence electrons. The van der Waals surface area contributed by atoms with E-state index in [0.29, 0.717) is 18.6 Å². The third-order valence-electron chi connectivity index (χ3n) is 4.92. The van der Waals surface area contributed by atoms with Crippen LogP contribution in [-0.2, 0) is 25.1 Å². The molecule has 0 aliphatic carbocycles. The summed E-state index contributed by atoms with van der Waals surface area (Å²) < 4.78 is 58.8. The molecule has 1 aliphatic rings. The van der Waals surface area contributed by atoms with Crippen LogP contribution < -0.4 is 4.90 Å². The highest BCUT2D eigenvalue weighted by molar-refractivity contribution is 7.91. The lowest BCUT2D eigenvalue weighted by atomic mass is 10.2. The Hall–Kier alpha value is -2.43. The molecule has 0 radical (unpaired) electrons. The number of carbonyl (C=O) groups excluding carboxylic acids is 1. The molecule has 1 amide bonds. The van der Waals surface area contributed by atoms with Gasteiger partial charge in [-0.05, 0) is 24.5 Å². The summed E-state index contributed by atoms with van der Waals surface area (Å²) in [5, 5.41) is 0.120. The number of anilines is 1. The number of thiazole rings is 1. The molecule has 6 nitrogen and oxygen atoms in total. The first-order chi connectivity index (χ1) is 14.8. The van der Waals surface area contributed by atoms with Gasteiger partial charge in [0.25, 0.3) is 0 Å². The fourth-order valence-electron chi connectivity index (χ4n) is 3.48. The van der Waals surface area contributed by atoms with Crippen LogP contribution in [0.25, 0.3) is 10.2 Å². The molecule has 1 aromatic heterocycles. The predicted molar refractivity (Wildman–Crippen MR) is 115 cm³/mol. The number of ether oxygens (including phenoxy) is 1. The highest BCUT2D eigenvalue weighted by Gasteiger charge is 2.29. The van der Waals surface area contributed by atoms with Crippen molar-refractivity contribution < 1.29 is 26.7 Å². The standard InChI is InChI=1S/C21H20F2N2O4S2/c22-15-9-17(23)20-18(10-15)30-21(24-20)25(11-16-7-4-8-29-16)19(26)13-31(27,28)12-14-5-2-1-3-6-14/h1-3,5-6,9-10,16H,4,7-8,11-13H2/t16-/m1/s1. The van der Waals surface area contributed by atoms with Gasteiger partial charge in [0.15, 0.2) is 20.8 Å². The van der Waals surface area contributed by atoms with E-state index in [1.165, 1.54) is 4.90 Å². The van der Waals surface area contributed by atoms with Gasteiger partial charge in [-0.3, -0.25) is 9.69 Å². The van der Waals surface area contributed by atoms with Crippen molar-refractivity contribution in [3.8, 4) is 0 Å². The van der Waals surface area contributed by atoms with Gasteiger partial charge in [-0.25, -0.2) is 22.2 Å². The van der Waals surface area contributed by atoms with Gasteiger partial charge in [0.1, 0.15) is 17.1 Å². The van der Waals surface area contributed by atoms with Crippen LogP contribution in [-0.4, -0.2) is 44.3 Å². The van der Waals surface area contributed by atoms with Gasteiger partial charge < -0.3 is 4.74 Å². The second-order valence-corrected chi connectivity index (χ2v) is 10.5. The van der Waals surface area contributed by atoms with Gasteiger partial charge >= 0.3 is 0 Å². The maximum Gasteiger partial charge on any atom is 0.244 e. The van der Waals surface area contributed by atoms with Crippen molar-refractivity contribution in [2.75, 3.05) is 23.8 Å². The Kier molecular flexibility index (Phi) is 6.31. The van der Waals surface area contributed by atoms with Crippen molar-refractivity contribution >= 4 is 42.4 Å². The third-order valence-corrected chi connectivity index (χ3v) is 7.40. The zero-order chi connectivity index (χ0) is 22.0. The van der Waals surface area contributed by atoms with Gasteiger partial charge in [-0.2, -0.15) is 0 Å². The molecule has 31 heavy (non-hydrogen) atoms. The maximum atomic E-state index is 14.1. The average molecular weight is 467 g/mol. The molecule has 1 atom stereocenters. The predicted octanol–water partition coefficient (Wildman–Crippen LogP) is 3.70. The Balaban J connectivity index is 1.61. The molecular formula is C21H20F2N2O4S2. The molecule has 0 unspecified atom stereocenters. The summed E-state index contributed by atoms with van der Waals surface area (Å²) in [4.78, 5) is 18.4. The zero-order valence-electron chi connectivity index (χ0n) is 16.5. The summed E-state index contributed by atoms with van der Waals surface area (Å²) in [5.74, 6) is -3.25. The summed E-state index contributed by atoms with van der Waals surface area (Å²) in [5.41, 5.74) is 0.525. The van der Waals surface area contributed by atoms with E-state index in [1.807, 2.05) is 0 Å². The number of benzene rings is 2. The molecule has 0 N–H and O–H groups in total. The van der Waals surface area contributed by atoms with E-state index in [2.05, 4.69) is 4.98 Å².